The molecule has 1 fully saturated rings. The van der Waals surface area contributed by atoms with Crippen molar-refractivity contribution in [1.29, 1.82) is 0 Å². The molecule has 1 aromatic rings. The van der Waals surface area contributed by atoms with Crippen molar-refractivity contribution in [3.05, 3.63) is 35.9 Å². The van der Waals surface area contributed by atoms with Gasteiger partial charge in [0.25, 0.3) is 0 Å². The molecule has 2 N–H and O–H groups in total. The molecule has 1 aliphatic rings. The third-order valence-electron chi connectivity index (χ3n) is 2.85. The first kappa shape index (κ1) is 14.1. The molecule has 0 atom stereocenters. The lowest BCUT2D eigenvalue weighted by atomic mass is 10.2. The molecule has 5 nitrogen and oxygen atoms in total. The number of carboxylic acids is 1. The van der Waals surface area contributed by atoms with E-state index in [-0.39, 0.29) is 12.5 Å². The Bertz CT molecular complexity index is 520. The summed E-state index contributed by atoms with van der Waals surface area (Å²) < 4.78 is 5.54. The highest BCUT2D eigenvalue weighted by molar-refractivity contribution is 5.85. The fourth-order valence-electron chi connectivity index (χ4n) is 1.69. The number of amides is 1. The van der Waals surface area contributed by atoms with Gasteiger partial charge in [0, 0.05) is 17.7 Å². The quantitative estimate of drug-likeness (QED) is 0.744. The molecule has 106 valence electrons. The van der Waals surface area contributed by atoms with Crippen molar-refractivity contribution in [2.24, 2.45) is 0 Å². The smallest absolute Gasteiger partial charge is 0.328 e. The van der Waals surface area contributed by atoms with Crippen LogP contribution in [-0.4, -0.2) is 29.6 Å². The van der Waals surface area contributed by atoms with Gasteiger partial charge < -0.3 is 15.2 Å². The Labute approximate surface area is 117 Å². The summed E-state index contributed by atoms with van der Waals surface area (Å²) in [6.45, 7) is 0.274. The normalized spacial score (nSPS) is 14.2. The van der Waals surface area contributed by atoms with Crippen molar-refractivity contribution >= 4 is 18.0 Å². The fourth-order valence-corrected chi connectivity index (χ4v) is 1.69. The minimum absolute atomic E-state index is 0.00828. The van der Waals surface area contributed by atoms with E-state index in [9.17, 15) is 9.59 Å². The molecule has 2 rings (SSSR count). The van der Waals surface area contributed by atoms with Crippen molar-refractivity contribution in [2.45, 2.75) is 25.3 Å². The van der Waals surface area contributed by atoms with Crippen molar-refractivity contribution in [3.63, 3.8) is 0 Å². The van der Waals surface area contributed by atoms with Crippen LogP contribution in [-0.2, 0) is 9.59 Å². The first-order chi connectivity index (χ1) is 9.65. The molecule has 0 spiro atoms. The van der Waals surface area contributed by atoms with Gasteiger partial charge in [0.2, 0.25) is 5.91 Å². The van der Waals surface area contributed by atoms with Gasteiger partial charge in [-0.15, -0.1) is 0 Å². The van der Waals surface area contributed by atoms with Gasteiger partial charge in [-0.2, -0.15) is 0 Å². The molecular weight excluding hydrogens is 258 g/mol. The van der Waals surface area contributed by atoms with E-state index in [1.165, 1.54) is 6.08 Å². The second kappa shape index (κ2) is 6.75. The Hall–Kier alpha value is -2.30. The molecule has 0 aliphatic heterocycles. The molecule has 1 aliphatic carbocycles. The number of para-hydroxylation sites is 1. The highest BCUT2D eigenvalue weighted by Crippen LogP contribution is 2.20. The number of hydrogen-bond acceptors (Lipinski definition) is 3. The first-order valence-corrected chi connectivity index (χ1v) is 6.57. The number of hydrogen-bond donors (Lipinski definition) is 2. The molecule has 1 saturated carbocycles. The second-order valence-electron chi connectivity index (χ2n) is 4.65. The highest BCUT2D eigenvalue weighted by Gasteiger charge is 2.22. The zero-order valence-corrected chi connectivity index (χ0v) is 11.0. The number of carbonyl (C=O) groups excluding carboxylic acids is 1. The molecule has 0 unspecified atom stereocenters. The molecule has 1 aromatic carbocycles. The van der Waals surface area contributed by atoms with Crippen LogP contribution in [0.15, 0.2) is 30.3 Å². The lowest BCUT2D eigenvalue weighted by Crippen LogP contribution is -2.26. The van der Waals surface area contributed by atoms with E-state index < -0.39 is 5.97 Å². The standard InChI is InChI=1S/C15H17NO4/c17-14(16-12-6-7-12)9-10-20-13-4-2-1-3-11(13)5-8-15(18)19/h1-5,8,12H,6-7,9-10H2,(H,16,17)(H,18,19)/b8-5+. The summed E-state index contributed by atoms with van der Waals surface area (Å²) >= 11 is 0. The number of nitrogens with one attached hydrogen (secondary N) is 1. The van der Waals surface area contributed by atoms with Crippen molar-refractivity contribution in [2.75, 3.05) is 6.61 Å². The zero-order valence-electron chi connectivity index (χ0n) is 11.0. The lowest BCUT2D eigenvalue weighted by molar-refractivity contribution is -0.131. The summed E-state index contributed by atoms with van der Waals surface area (Å²) in [7, 11) is 0. The van der Waals surface area contributed by atoms with E-state index >= 15 is 0 Å². The van der Waals surface area contributed by atoms with Gasteiger partial charge in [-0.25, -0.2) is 4.79 Å². The average Bonchev–Trinajstić information content (AvgIpc) is 3.21. The van der Waals surface area contributed by atoms with Gasteiger partial charge in [0.15, 0.2) is 0 Å². The molecule has 5 heteroatoms. The van der Waals surface area contributed by atoms with Crippen molar-refractivity contribution in [3.8, 4) is 5.75 Å². The van der Waals surface area contributed by atoms with Crippen LogP contribution in [0.25, 0.3) is 6.08 Å². The summed E-state index contributed by atoms with van der Waals surface area (Å²) in [5.41, 5.74) is 0.678. The van der Waals surface area contributed by atoms with Gasteiger partial charge in [-0.1, -0.05) is 18.2 Å². The Morgan fingerprint density at radius 2 is 2.10 bits per heavy atom. The lowest BCUT2D eigenvalue weighted by Gasteiger charge is -2.09. The minimum Gasteiger partial charge on any atom is -0.492 e. The van der Waals surface area contributed by atoms with Gasteiger partial charge in [0.1, 0.15) is 5.75 Å². The summed E-state index contributed by atoms with van der Waals surface area (Å²) in [5, 5.41) is 11.5. The number of benzene rings is 1. The molecule has 0 radical (unpaired) electrons. The van der Waals surface area contributed by atoms with E-state index in [0.29, 0.717) is 23.8 Å². The predicted octanol–water partition coefficient (Wildman–Crippen LogP) is 1.83. The summed E-state index contributed by atoms with van der Waals surface area (Å²) in [5.74, 6) is -0.445. The Morgan fingerprint density at radius 3 is 2.80 bits per heavy atom. The summed E-state index contributed by atoms with van der Waals surface area (Å²) in [6.07, 6.45) is 4.96. The third-order valence-corrected chi connectivity index (χ3v) is 2.85. The van der Waals surface area contributed by atoms with Crippen LogP contribution in [0.3, 0.4) is 0 Å². The number of carboxylic acid groups (broad SMARTS) is 1. The Morgan fingerprint density at radius 1 is 1.35 bits per heavy atom. The minimum atomic E-state index is -1.01. The number of aliphatic carboxylic acids is 1. The maximum atomic E-state index is 11.5. The largest absolute Gasteiger partial charge is 0.492 e. The zero-order chi connectivity index (χ0) is 14.4. The van der Waals surface area contributed by atoms with Gasteiger partial charge in [-0.3, -0.25) is 4.79 Å². The molecule has 1 amide bonds. The maximum Gasteiger partial charge on any atom is 0.328 e. The number of ether oxygens (including phenoxy) is 1. The highest BCUT2D eigenvalue weighted by atomic mass is 16.5. The summed E-state index contributed by atoms with van der Waals surface area (Å²) in [6, 6.07) is 7.47. The average molecular weight is 275 g/mol. The van der Waals surface area contributed by atoms with Crippen LogP contribution in [0.2, 0.25) is 0 Å². The third kappa shape index (κ3) is 4.76. The van der Waals surface area contributed by atoms with Crippen LogP contribution in [0.5, 0.6) is 5.75 Å². The predicted molar refractivity (Wildman–Crippen MR) is 74.4 cm³/mol. The first-order valence-electron chi connectivity index (χ1n) is 6.57. The molecule has 0 aromatic heterocycles. The van der Waals surface area contributed by atoms with Crippen LogP contribution >= 0.6 is 0 Å². The van der Waals surface area contributed by atoms with Crippen molar-refractivity contribution in [1.82, 2.24) is 5.32 Å². The summed E-state index contributed by atoms with van der Waals surface area (Å²) in [4.78, 5) is 22.0. The van der Waals surface area contributed by atoms with Crippen molar-refractivity contribution < 1.29 is 19.4 Å². The SMILES string of the molecule is O=C(O)/C=C/c1ccccc1OCCC(=O)NC1CC1. The second-order valence-corrected chi connectivity index (χ2v) is 4.65. The molecule has 20 heavy (non-hydrogen) atoms. The Balaban J connectivity index is 1.85. The van der Waals surface area contributed by atoms with Crippen LogP contribution in [0.1, 0.15) is 24.8 Å². The van der Waals surface area contributed by atoms with Gasteiger partial charge in [0.05, 0.1) is 13.0 Å². The maximum absolute atomic E-state index is 11.5. The van der Waals surface area contributed by atoms with Crippen LogP contribution < -0.4 is 10.1 Å². The van der Waals surface area contributed by atoms with Gasteiger partial charge in [-0.05, 0) is 25.0 Å². The van der Waals surface area contributed by atoms with E-state index in [1.807, 2.05) is 0 Å². The van der Waals surface area contributed by atoms with E-state index in [1.54, 1.807) is 24.3 Å². The number of carbonyl (C=O) groups is 2. The van der Waals surface area contributed by atoms with E-state index in [4.69, 9.17) is 9.84 Å². The topological polar surface area (TPSA) is 75.6 Å². The number of rotatable bonds is 7. The molecule has 0 bridgehead atoms. The Kier molecular flexibility index (Phi) is 4.76. The molecular formula is C15H17NO4. The van der Waals surface area contributed by atoms with Gasteiger partial charge >= 0.3 is 5.97 Å². The van der Waals surface area contributed by atoms with Crippen LogP contribution in [0.4, 0.5) is 0 Å². The van der Waals surface area contributed by atoms with E-state index in [2.05, 4.69) is 5.32 Å². The monoisotopic (exact) mass is 275 g/mol. The molecule has 0 saturated heterocycles. The van der Waals surface area contributed by atoms with E-state index in [0.717, 1.165) is 18.9 Å². The van der Waals surface area contributed by atoms with Crippen LogP contribution in [0, 0.1) is 0 Å². The fraction of sp³-hybridized carbons (Fsp3) is 0.333. The molecule has 0 heterocycles.